The van der Waals surface area contributed by atoms with Crippen LogP contribution in [0.2, 0.25) is 0 Å². The summed E-state index contributed by atoms with van der Waals surface area (Å²) in [6.07, 6.45) is 6.06. The van der Waals surface area contributed by atoms with Gasteiger partial charge in [0.1, 0.15) is 0 Å². The Hall–Kier alpha value is -0.0800. The summed E-state index contributed by atoms with van der Waals surface area (Å²) in [6, 6.07) is 0. The first-order valence-electron chi connectivity index (χ1n) is 4.96. The number of ether oxygens (including phenoxy) is 1. The zero-order chi connectivity index (χ0) is 8.60. The Kier molecular flexibility index (Phi) is 2.13. The average molecular weight is 170 g/mol. The van der Waals surface area contributed by atoms with Gasteiger partial charge in [0, 0.05) is 7.11 Å². The third-order valence-electron chi connectivity index (χ3n) is 3.64. The second-order valence-electron chi connectivity index (χ2n) is 4.46. The Morgan fingerprint density at radius 1 is 1.33 bits per heavy atom. The fraction of sp³-hybridized carbons (Fsp3) is 1.00. The summed E-state index contributed by atoms with van der Waals surface area (Å²) in [7, 11) is 1.68. The molecule has 3 fully saturated rings. The maximum absolute atomic E-state index is 10.2. The van der Waals surface area contributed by atoms with Gasteiger partial charge in [-0.3, -0.25) is 0 Å². The van der Waals surface area contributed by atoms with Crippen molar-refractivity contribution in [3.63, 3.8) is 0 Å². The second-order valence-corrected chi connectivity index (χ2v) is 4.46. The van der Waals surface area contributed by atoms with Crippen molar-refractivity contribution in [2.24, 2.45) is 11.8 Å². The molecule has 3 aliphatic rings. The van der Waals surface area contributed by atoms with E-state index < -0.39 is 5.60 Å². The predicted molar refractivity (Wildman–Crippen MR) is 46.9 cm³/mol. The SMILES string of the molecule is COCC1(O)CC2CCC1CC2. The number of aliphatic hydroxyl groups is 1. The maximum Gasteiger partial charge on any atom is 0.0910 e. The summed E-state index contributed by atoms with van der Waals surface area (Å²) >= 11 is 0. The molecule has 3 rings (SSSR count). The molecule has 2 nitrogen and oxygen atoms in total. The molecule has 0 aromatic carbocycles. The van der Waals surface area contributed by atoms with Crippen molar-refractivity contribution in [3.05, 3.63) is 0 Å². The quantitative estimate of drug-likeness (QED) is 0.681. The molecule has 0 saturated heterocycles. The number of hydrogen-bond acceptors (Lipinski definition) is 2. The molecular weight excluding hydrogens is 152 g/mol. The van der Waals surface area contributed by atoms with Crippen molar-refractivity contribution in [1.29, 1.82) is 0 Å². The van der Waals surface area contributed by atoms with E-state index in [-0.39, 0.29) is 0 Å². The molecule has 0 heterocycles. The largest absolute Gasteiger partial charge is 0.387 e. The minimum Gasteiger partial charge on any atom is -0.387 e. The molecule has 3 saturated carbocycles. The van der Waals surface area contributed by atoms with Gasteiger partial charge in [-0.05, 0) is 43.9 Å². The van der Waals surface area contributed by atoms with Gasteiger partial charge in [0.25, 0.3) is 0 Å². The molecule has 0 amide bonds. The zero-order valence-electron chi connectivity index (χ0n) is 7.75. The first kappa shape index (κ1) is 8.52. The van der Waals surface area contributed by atoms with E-state index in [1.54, 1.807) is 7.11 Å². The van der Waals surface area contributed by atoms with E-state index in [2.05, 4.69) is 0 Å². The number of fused-ring (bicyclic) bond motifs is 3. The molecule has 0 aliphatic heterocycles. The van der Waals surface area contributed by atoms with Gasteiger partial charge < -0.3 is 9.84 Å². The number of hydrogen-bond donors (Lipinski definition) is 1. The smallest absolute Gasteiger partial charge is 0.0910 e. The van der Waals surface area contributed by atoms with Crippen LogP contribution in [0.25, 0.3) is 0 Å². The highest BCUT2D eigenvalue weighted by Gasteiger charge is 2.45. The molecule has 0 spiro atoms. The van der Waals surface area contributed by atoms with Gasteiger partial charge in [0.05, 0.1) is 12.2 Å². The Bertz CT molecular complexity index is 161. The third kappa shape index (κ3) is 1.27. The molecular formula is C10H18O2. The molecule has 2 heteroatoms. The lowest BCUT2D eigenvalue weighted by atomic mass is 9.62. The zero-order valence-corrected chi connectivity index (χ0v) is 7.75. The lowest BCUT2D eigenvalue weighted by Crippen LogP contribution is -2.50. The van der Waals surface area contributed by atoms with Gasteiger partial charge in [-0.15, -0.1) is 0 Å². The van der Waals surface area contributed by atoms with Crippen LogP contribution in [0.3, 0.4) is 0 Å². The van der Waals surface area contributed by atoms with Crippen LogP contribution < -0.4 is 0 Å². The van der Waals surface area contributed by atoms with Crippen molar-refractivity contribution in [1.82, 2.24) is 0 Å². The van der Waals surface area contributed by atoms with Crippen LogP contribution in [0.15, 0.2) is 0 Å². The standard InChI is InChI=1S/C10H18O2/c1-12-7-10(11)6-8-2-4-9(10)5-3-8/h8-9,11H,2-7H2,1H3. The van der Waals surface area contributed by atoms with Crippen molar-refractivity contribution >= 4 is 0 Å². The van der Waals surface area contributed by atoms with Crippen molar-refractivity contribution < 1.29 is 9.84 Å². The highest BCUT2D eigenvalue weighted by atomic mass is 16.5. The lowest BCUT2D eigenvalue weighted by Gasteiger charge is -2.48. The first-order valence-corrected chi connectivity index (χ1v) is 4.96. The van der Waals surface area contributed by atoms with Crippen molar-refractivity contribution in [2.45, 2.75) is 37.7 Å². The van der Waals surface area contributed by atoms with Crippen molar-refractivity contribution in [2.75, 3.05) is 13.7 Å². The Balaban J connectivity index is 2.06. The summed E-state index contributed by atoms with van der Waals surface area (Å²) in [5, 5.41) is 10.2. The van der Waals surface area contributed by atoms with Crippen LogP contribution in [0.4, 0.5) is 0 Å². The molecule has 1 N–H and O–H groups in total. The molecule has 3 aliphatic carbocycles. The summed E-state index contributed by atoms with van der Waals surface area (Å²) in [5.74, 6) is 1.29. The molecule has 12 heavy (non-hydrogen) atoms. The minimum absolute atomic E-state index is 0.476. The summed E-state index contributed by atoms with van der Waals surface area (Å²) in [4.78, 5) is 0. The molecule has 0 radical (unpaired) electrons. The average Bonchev–Trinajstić information content (AvgIpc) is 2.05. The predicted octanol–water partition coefficient (Wildman–Crippen LogP) is 1.57. The number of rotatable bonds is 2. The van der Waals surface area contributed by atoms with E-state index >= 15 is 0 Å². The lowest BCUT2D eigenvalue weighted by molar-refractivity contribution is -0.132. The van der Waals surface area contributed by atoms with Gasteiger partial charge >= 0.3 is 0 Å². The van der Waals surface area contributed by atoms with Crippen molar-refractivity contribution in [3.8, 4) is 0 Å². The van der Waals surface area contributed by atoms with E-state index in [9.17, 15) is 5.11 Å². The van der Waals surface area contributed by atoms with E-state index in [1.165, 1.54) is 25.7 Å². The topological polar surface area (TPSA) is 29.5 Å². The number of methoxy groups -OCH3 is 1. The van der Waals surface area contributed by atoms with Gasteiger partial charge in [-0.2, -0.15) is 0 Å². The molecule has 70 valence electrons. The summed E-state index contributed by atoms with van der Waals surface area (Å²) in [6.45, 7) is 0.536. The van der Waals surface area contributed by atoms with E-state index in [0.29, 0.717) is 12.5 Å². The summed E-state index contributed by atoms with van der Waals surface area (Å²) in [5.41, 5.74) is -0.476. The fourth-order valence-electron chi connectivity index (χ4n) is 3.00. The monoisotopic (exact) mass is 170 g/mol. The third-order valence-corrected chi connectivity index (χ3v) is 3.64. The van der Waals surface area contributed by atoms with Crippen LogP contribution in [-0.2, 0) is 4.74 Å². The maximum atomic E-state index is 10.2. The highest BCUT2D eigenvalue weighted by molar-refractivity contribution is 4.97. The summed E-state index contributed by atoms with van der Waals surface area (Å²) < 4.78 is 5.09. The van der Waals surface area contributed by atoms with Gasteiger partial charge in [0.15, 0.2) is 0 Å². The van der Waals surface area contributed by atoms with Crippen LogP contribution in [0.1, 0.15) is 32.1 Å². The fourth-order valence-corrected chi connectivity index (χ4v) is 3.00. The van der Waals surface area contributed by atoms with Crippen LogP contribution in [-0.4, -0.2) is 24.4 Å². The molecule has 1 unspecified atom stereocenters. The Morgan fingerprint density at radius 2 is 2.00 bits per heavy atom. The molecule has 2 bridgehead atoms. The Morgan fingerprint density at radius 3 is 2.42 bits per heavy atom. The van der Waals surface area contributed by atoms with Crippen LogP contribution >= 0.6 is 0 Å². The molecule has 1 atom stereocenters. The normalized spacial score (nSPS) is 46.5. The molecule has 0 aromatic heterocycles. The van der Waals surface area contributed by atoms with Gasteiger partial charge in [0.2, 0.25) is 0 Å². The second kappa shape index (κ2) is 3.00. The van der Waals surface area contributed by atoms with E-state index in [0.717, 1.165) is 12.3 Å². The van der Waals surface area contributed by atoms with E-state index in [4.69, 9.17) is 4.74 Å². The van der Waals surface area contributed by atoms with Crippen LogP contribution in [0, 0.1) is 11.8 Å². The van der Waals surface area contributed by atoms with E-state index in [1.807, 2.05) is 0 Å². The van der Waals surface area contributed by atoms with Gasteiger partial charge in [-0.1, -0.05) is 0 Å². The molecule has 0 aromatic rings. The Labute approximate surface area is 73.9 Å². The first-order chi connectivity index (χ1) is 5.74. The minimum atomic E-state index is -0.476. The highest BCUT2D eigenvalue weighted by Crippen LogP contribution is 2.47. The van der Waals surface area contributed by atoms with Crippen LogP contribution in [0.5, 0.6) is 0 Å². The van der Waals surface area contributed by atoms with Gasteiger partial charge in [-0.25, -0.2) is 0 Å².